The van der Waals surface area contributed by atoms with E-state index in [9.17, 15) is 12.8 Å². The summed E-state index contributed by atoms with van der Waals surface area (Å²) in [6, 6.07) is 4.97. The maximum Gasteiger partial charge on any atom is 0.182 e. The van der Waals surface area contributed by atoms with Crippen LogP contribution in [0, 0.1) is 0 Å². The molecule has 1 aliphatic heterocycles. The molecule has 0 unspecified atom stereocenters. The number of nitrogens with zero attached hydrogens (tertiary/aromatic N) is 2. The highest BCUT2D eigenvalue weighted by atomic mass is 32.2. The summed E-state index contributed by atoms with van der Waals surface area (Å²) >= 11 is 0. The van der Waals surface area contributed by atoms with E-state index in [1.807, 2.05) is 13.8 Å². The van der Waals surface area contributed by atoms with E-state index in [2.05, 4.69) is 5.10 Å². The predicted molar refractivity (Wildman–Crippen MR) is 83.9 cm³/mol. The highest BCUT2D eigenvalue weighted by molar-refractivity contribution is 7.90. The number of hydrogen-bond acceptors (Lipinski definition) is 4. The zero-order valence-electron chi connectivity index (χ0n) is 13.1. The number of alkyl halides is 1. The minimum atomic E-state index is -3.48. The lowest BCUT2D eigenvalue weighted by atomic mass is 10.0. The van der Waals surface area contributed by atoms with Gasteiger partial charge in [0.25, 0.3) is 0 Å². The van der Waals surface area contributed by atoms with Crippen LogP contribution < -0.4 is 4.74 Å². The molecule has 0 fully saturated rings. The van der Waals surface area contributed by atoms with E-state index in [4.69, 9.17) is 4.74 Å². The first kappa shape index (κ1) is 16.0. The van der Waals surface area contributed by atoms with Crippen molar-refractivity contribution in [3.8, 4) is 5.75 Å². The number of aryl methyl sites for hydroxylation is 1. The molecule has 0 aliphatic carbocycles. The topological polar surface area (TPSA) is 61.2 Å². The van der Waals surface area contributed by atoms with E-state index in [1.165, 1.54) is 10.9 Å². The largest absolute Gasteiger partial charge is 0.487 e. The van der Waals surface area contributed by atoms with E-state index in [0.29, 0.717) is 12.0 Å². The van der Waals surface area contributed by atoms with Crippen molar-refractivity contribution in [2.75, 3.05) is 6.67 Å². The first-order chi connectivity index (χ1) is 10.8. The average Bonchev–Trinajstić information content (AvgIpc) is 2.99. The van der Waals surface area contributed by atoms with E-state index in [1.54, 1.807) is 24.4 Å². The summed E-state index contributed by atoms with van der Waals surface area (Å²) < 4.78 is 44.6. The summed E-state index contributed by atoms with van der Waals surface area (Å²) in [6.07, 6.45) is 3.71. The minimum Gasteiger partial charge on any atom is -0.487 e. The molecule has 2 aromatic rings. The van der Waals surface area contributed by atoms with Crippen LogP contribution in [0.25, 0.3) is 0 Å². The van der Waals surface area contributed by atoms with Gasteiger partial charge in [-0.05, 0) is 37.6 Å². The molecule has 0 amide bonds. The van der Waals surface area contributed by atoms with E-state index in [-0.39, 0.29) is 22.8 Å². The molecule has 0 atom stereocenters. The van der Waals surface area contributed by atoms with Crippen LogP contribution in [0.15, 0.2) is 35.5 Å². The molecule has 3 rings (SSSR count). The molecule has 0 radical (unpaired) electrons. The highest BCUT2D eigenvalue weighted by Crippen LogP contribution is 2.36. The Morgan fingerprint density at radius 3 is 2.91 bits per heavy atom. The summed E-state index contributed by atoms with van der Waals surface area (Å²) in [5.41, 5.74) is 1.15. The Kier molecular flexibility index (Phi) is 3.91. The highest BCUT2D eigenvalue weighted by Gasteiger charge is 2.31. The predicted octanol–water partition coefficient (Wildman–Crippen LogP) is 2.54. The second kappa shape index (κ2) is 5.63. The zero-order valence-corrected chi connectivity index (χ0v) is 13.9. The van der Waals surface area contributed by atoms with Gasteiger partial charge >= 0.3 is 0 Å². The minimum absolute atomic E-state index is 0.130. The van der Waals surface area contributed by atoms with Gasteiger partial charge in [-0.25, -0.2) is 12.8 Å². The maximum atomic E-state index is 12.6. The normalized spacial score (nSPS) is 16.1. The molecule has 1 aromatic carbocycles. The van der Waals surface area contributed by atoms with E-state index < -0.39 is 16.5 Å². The van der Waals surface area contributed by atoms with Crippen molar-refractivity contribution in [3.63, 3.8) is 0 Å². The molecule has 0 N–H and O–H groups in total. The number of aromatic nitrogens is 2. The number of hydrogen-bond donors (Lipinski definition) is 0. The van der Waals surface area contributed by atoms with Crippen LogP contribution in [0.4, 0.5) is 4.39 Å². The molecule has 5 nitrogen and oxygen atoms in total. The summed E-state index contributed by atoms with van der Waals surface area (Å²) in [5.74, 6) is 0.590. The molecule has 0 saturated heterocycles. The summed E-state index contributed by atoms with van der Waals surface area (Å²) in [6.45, 7) is 3.54. The fourth-order valence-electron chi connectivity index (χ4n) is 2.77. The molecule has 0 saturated carbocycles. The standard InChI is InChI=1S/C16H19FN2O3S/c1-16(2)8-13-7-14(3-4-15(13)22-16)23(20,21)11-12-9-18-19(10-12)6-5-17/h3-4,7,9-10H,5-6,8,11H2,1-2H3. The molecule has 1 aliphatic rings. The summed E-state index contributed by atoms with van der Waals surface area (Å²) in [4.78, 5) is 0.274. The third-order valence-corrected chi connectivity index (χ3v) is 5.44. The van der Waals surface area contributed by atoms with Crippen molar-refractivity contribution in [2.45, 2.75) is 43.1 Å². The van der Waals surface area contributed by atoms with Gasteiger partial charge in [-0.3, -0.25) is 4.68 Å². The fourth-order valence-corrected chi connectivity index (χ4v) is 4.12. The SMILES string of the molecule is CC1(C)Cc2cc(S(=O)(=O)Cc3cnn(CCF)c3)ccc2O1. The smallest absolute Gasteiger partial charge is 0.182 e. The quantitative estimate of drug-likeness (QED) is 0.840. The number of ether oxygens (including phenoxy) is 1. The second-order valence-corrected chi connectivity index (χ2v) is 8.36. The van der Waals surface area contributed by atoms with Crippen molar-refractivity contribution < 1.29 is 17.5 Å². The van der Waals surface area contributed by atoms with Crippen molar-refractivity contribution in [2.24, 2.45) is 0 Å². The van der Waals surface area contributed by atoms with Gasteiger partial charge in [0.1, 0.15) is 18.0 Å². The van der Waals surface area contributed by atoms with Gasteiger partial charge in [0, 0.05) is 18.2 Å². The van der Waals surface area contributed by atoms with E-state index >= 15 is 0 Å². The Hall–Kier alpha value is -1.89. The Balaban J connectivity index is 1.83. The molecular formula is C16H19FN2O3S. The molecule has 124 valence electrons. The van der Waals surface area contributed by atoms with Crippen LogP contribution in [-0.2, 0) is 28.6 Å². The number of sulfone groups is 1. The lowest BCUT2D eigenvalue weighted by molar-refractivity contribution is 0.138. The van der Waals surface area contributed by atoms with Gasteiger partial charge in [0.05, 0.1) is 23.4 Å². The summed E-state index contributed by atoms with van der Waals surface area (Å²) in [5, 5.41) is 3.95. The van der Waals surface area contributed by atoms with Crippen molar-refractivity contribution >= 4 is 9.84 Å². The van der Waals surface area contributed by atoms with Crippen LogP contribution in [0.2, 0.25) is 0 Å². The molecular weight excluding hydrogens is 319 g/mol. The first-order valence-corrected chi connectivity index (χ1v) is 9.06. The number of fused-ring (bicyclic) bond motifs is 1. The third-order valence-electron chi connectivity index (χ3n) is 3.75. The zero-order chi connectivity index (χ0) is 16.7. The Labute approximate surface area is 135 Å². The lowest BCUT2D eigenvalue weighted by Crippen LogP contribution is -2.24. The van der Waals surface area contributed by atoms with Crippen molar-refractivity contribution in [1.82, 2.24) is 9.78 Å². The van der Waals surface area contributed by atoms with Crippen LogP contribution in [-0.4, -0.2) is 30.5 Å². The monoisotopic (exact) mass is 338 g/mol. The molecule has 7 heteroatoms. The van der Waals surface area contributed by atoms with Crippen LogP contribution in [0.5, 0.6) is 5.75 Å². The maximum absolute atomic E-state index is 12.6. The number of benzene rings is 1. The van der Waals surface area contributed by atoms with Gasteiger partial charge in [-0.2, -0.15) is 5.10 Å². The molecule has 2 heterocycles. The molecule has 23 heavy (non-hydrogen) atoms. The molecule has 1 aromatic heterocycles. The molecule has 0 spiro atoms. The Bertz CT molecular complexity index is 828. The van der Waals surface area contributed by atoms with Crippen LogP contribution in [0.1, 0.15) is 25.0 Å². The third kappa shape index (κ3) is 3.39. The Morgan fingerprint density at radius 1 is 1.39 bits per heavy atom. The van der Waals surface area contributed by atoms with Gasteiger partial charge in [0.15, 0.2) is 9.84 Å². The van der Waals surface area contributed by atoms with Gasteiger partial charge in [0.2, 0.25) is 0 Å². The van der Waals surface area contributed by atoms with Gasteiger partial charge in [-0.1, -0.05) is 0 Å². The first-order valence-electron chi connectivity index (χ1n) is 7.41. The Morgan fingerprint density at radius 2 is 2.17 bits per heavy atom. The summed E-state index contributed by atoms with van der Waals surface area (Å²) in [7, 11) is -3.48. The fraction of sp³-hybridized carbons (Fsp3) is 0.438. The average molecular weight is 338 g/mol. The van der Waals surface area contributed by atoms with Crippen LogP contribution >= 0.6 is 0 Å². The lowest BCUT2D eigenvalue weighted by Gasteiger charge is -2.16. The van der Waals surface area contributed by atoms with Gasteiger partial charge < -0.3 is 4.74 Å². The van der Waals surface area contributed by atoms with E-state index in [0.717, 1.165) is 11.3 Å². The van der Waals surface area contributed by atoms with Gasteiger partial charge in [-0.15, -0.1) is 0 Å². The molecule has 0 bridgehead atoms. The van der Waals surface area contributed by atoms with Crippen LogP contribution in [0.3, 0.4) is 0 Å². The second-order valence-electron chi connectivity index (χ2n) is 6.37. The number of rotatable bonds is 5. The van der Waals surface area contributed by atoms with Crippen molar-refractivity contribution in [1.29, 1.82) is 0 Å². The van der Waals surface area contributed by atoms with Crippen molar-refractivity contribution in [3.05, 3.63) is 41.7 Å². The number of halogens is 1.